The molecule has 1 saturated heterocycles. The molecular weight excluding hydrogens is 342 g/mol. The Labute approximate surface area is 150 Å². The van der Waals surface area contributed by atoms with Crippen LogP contribution in [0.2, 0.25) is 0 Å². The highest BCUT2D eigenvalue weighted by Gasteiger charge is 2.24. The number of anilines is 1. The molecule has 1 aromatic carbocycles. The lowest BCUT2D eigenvalue weighted by atomic mass is 10.0. The van der Waals surface area contributed by atoms with Crippen molar-refractivity contribution >= 4 is 23.2 Å². The van der Waals surface area contributed by atoms with Gasteiger partial charge in [-0.1, -0.05) is 0 Å². The molecule has 0 saturated carbocycles. The fourth-order valence-corrected chi connectivity index (χ4v) is 3.24. The Morgan fingerprint density at radius 2 is 2.15 bits per heavy atom. The highest BCUT2D eigenvalue weighted by atomic mass is 19.2. The quantitative estimate of drug-likeness (QED) is 0.843. The molecule has 2 N–H and O–H groups in total. The topological polar surface area (TPSA) is 73.8 Å². The second-order valence-electron chi connectivity index (χ2n) is 6.67. The monoisotopic (exact) mass is 364 g/mol. The van der Waals surface area contributed by atoms with Gasteiger partial charge in [-0.15, -0.1) is 0 Å². The number of benzene rings is 1. The number of nitrogens with zero attached hydrogens (tertiary/aromatic N) is 2. The van der Waals surface area contributed by atoms with E-state index < -0.39 is 11.6 Å². The maximum atomic E-state index is 13.3. The van der Waals surface area contributed by atoms with Gasteiger partial charge in [0.25, 0.3) is 0 Å². The summed E-state index contributed by atoms with van der Waals surface area (Å²) in [5.41, 5.74) is 3.78. The number of rotatable bonds is 5. The number of carbonyl (C=O) groups excluding carboxylic acids is 2. The van der Waals surface area contributed by atoms with Gasteiger partial charge in [-0.05, 0) is 37.8 Å². The molecule has 3 rings (SSSR count). The number of piperidine rings is 1. The molecule has 1 aromatic rings. The summed E-state index contributed by atoms with van der Waals surface area (Å²) in [6.07, 6.45) is 3.62. The van der Waals surface area contributed by atoms with E-state index in [-0.39, 0.29) is 17.9 Å². The molecular formula is C18H22F2N4O2. The minimum absolute atomic E-state index is 0.00358. The van der Waals surface area contributed by atoms with Crippen LogP contribution in [-0.2, 0) is 9.59 Å². The van der Waals surface area contributed by atoms with E-state index in [0.717, 1.165) is 30.7 Å². The first-order valence-corrected chi connectivity index (χ1v) is 8.85. The summed E-state index contributed by atoms with van der Waals surface area (Å²) in [7, 11) is 0. The van der Waals surface area contributed by atoms with E-state index in [0.29, 0.717) is 44.5 Å². The number of carbonyl (C=O) groups is 2. The van der Waals surface area contributed by atoms with Gasteiger partial charge in [0.05, 0.1) is 0 Å². The van der Waals surface area contributed by atoms with Crippen LogP contribution in [0.25, 0.3) is 0 Å². The average Bonchev–Trinajstić information content (AvgIpc) is 2.64. The lowest BCUT2D eigenvalue weighted by molar-refractivity contribution is -0.132. The van der Waals surface area contributed by atoms with Crippen LogP contribution in [0, 0.1) is 11.6 Å². The molecule has 8 heteroatoms. The van der Waals surface area contributed by atoms with Crippen molar-refractivity contribution in [2.24, 2.45) is 5.10 Å². The predicted molar refractivity (Wildman–Crippen MR) is 93.6 cm³/mol. The minimum atomic E-state index is -0.890. The van der Waals surface area contributed by atoms with Gasteiger partial charge in [0.1, 0.15) is 0 Å². The van der Waals surface area contributed by atoms with Crippen LogP contribution in [-0.4, -0.2) is 41.6 Å². The summed E-state index contributed by atoms with van der Waals surface area (Å²) in [6, 6.07) is 3.72. The molecule has 26 heavy (non-hydrogen) atoms. The molecule has 0 aliphatic carbocycles. The van der Waals surface area contributed by atoms with Gasteiger partial charge >= 0.3 is 0 Å². The van der Waals surface area contributed by atoms with E-state index in [4.69, 9.17) is 0 Å². The minimum Gasteiger partial charge on any atom is -0.380 e. The smallest absolute Gasteiger partial charge is 0.240 e. The second kappa shape index (κ2) is 8.25. The van der Waals surface area contributed by atoms with Crippen molar-refractivity contribution in [3.63, 3.8) is 0 Å². The van der Waals surface area contributed by atoms with Crippen molar-refractivity contribution in [2.45, 2.75) is 44.6 Å². The van der Waals surface area contributed by atoms with E-state index >= 15 is 0 Å². The van der Waals surface area contributed by atoms with Crippen molar-refractivity contribution in [1.82, 2.24) is 10.3 Å². The zero-order valence-corrected chi connectivity index (χ0v) is 14.4. The third kappa shape index (κ3) is 4.77. The van der Waals surface area contributed by atoms with Crippen molar-refractivity contribution in [1.29, 1.82) is 0 Å². The summed E-state index contributed by atoms with van der Waals surface area (Å²) in [5.74, 6) is -1.82. The Bertz CT molecular complexity index is 723. The molecule has 1 unspecified atom stereocenters. The standard InChI is InChI=1S/C18H22F2N4O2/c19-15-6-3-13(10-16(15)20)21-14-2-1-9-24(11-14)18(26)8-5-12-4-7-17(25)23-22-12/h3,6,10,14,21H,1-2,4-5,7-9,11H2,(H,23,25). The Morgan fingerprint density at radius 3 is 2.88 bits per heavy atom. The first kappa shape index (κ1) is 18.3. The Kier molecular flexibility index (Phi) is 5.80. The molecule has 2 heterocycles. The van der Waals surface area contributed by atoms with E-state index in [1.54, 1.807) is 4.90 Å². The molecule has 2 amide bonds. The fraction of sp³-hybridized carbons (Fsp3) is 0.500. The number of nitrogens with one attached hydrogen (secondary N) is 2. The zero-order chi connectivity index (χ0) is 18.5. The number of hydrogen-bond acceptors (Lipinski definition) is 4. The largest absolute Gasteiger partial charge is 0.380 e. The van der Waals surface area contributed by atoms with Crippen molar-refractivity contribution < 1.29 is 18.4 Å². The first-order chi connectivity index (χ1) is 12.5. The molecule has 0 bridgehead atoms. The zero-order valence-electron chi connectivity index (χ0n) is 14.4. The highest BCUT2D eigenvalue weighted by molar-refractivity contribution is 5.94. The number of hydrogen-bond donors (Lipinski definition) is 2. The first-order valence-electron chi connectivity index (χ1n) is 8.85. The van der Waals surface area contributed by atoms with Gasteiger partial charge in [-0.3, -0.25) is 9.59 Å². The number of halogens is 2. The molecule has 0 radical (unpaired) electrons. The van der Waals surface area contributed by atoms with E-state index in [9.17, 15) is 18.4 Å². The third-order valence-corrected chi connectivity index (χ3v) is 4.67. The number of likely N-dealkylation sites (tertiary alicyclic amines) is 1. The summed E-state index contributed by atoms with van der Waals surface area (Å²) < 4.78 is 26.3. The normalized spacial score (nSPS) is 20.4. The molecule has 1 atom stereocenters. The van der Waals surface area contributed by atoms with Crippen LogP contribution in [0.1, 0.15) is 38.5 Å². The Hall–Kier alpha value is -2.51. The molecule has 0 spiro atoms. The third-order valence-electron chi connectivity index (χ3n) is 4.67. The molecule has 2 aliphatic heterocycles. The fourth-order valence-electron chi connectivity index (χ4n) is 3.24. The van der Waals surface area contributed by atoms with Gasteiger partial charge in [0, 0.05) is 49.4 Å². The van der Waals surface area contributed by atoms with Gasteiger partial charge in [-0.25, -0.2) is 14.2 Å². The summed E-state index contributed by atoms with van der Waals surface area (Å²) in [4.78, 5) is 25.3. The molecule has 2 aliphatic rings. The van der Waals surface area contributed by atoms with Crippen LogP contribution in [0.3, 0.4) is 0 Å². The molecule has 6 nitrogen and oxygen atoms in total. The number of hydrazone groups is 1. The van der Waals surface area contributed by atoms with Crippen LogP contribution in [0.15, 0.2) is 23.3 Å². The van der Waals surface area contributed by atoms with E-state index in [2.05, 4.69) is 15.8 Å². The second-order valence-corrected chi connectivity index (χ2v) is 6.67. The van der Waals surface area contributed by atoms with Crippen LogP contribution in [0.5, 0.6) is 0 Å². The Balaban J connectivity index is 1.50. The predicted octanol–water partition coefficient (Wildman–Crippen LogP) is 2.41. The molecule has 1 fully saturated rings. The van der Waals surface area contributed by atoms with Crippen molar-refractivity contribution in [3.05, 3.63) is 29.8 Å². The van der Waals surface area contributed by atoms with Crippen LogP contribution in [0.4, 0.5) is 14.5 Å². The SMILES string of the molecule is O=C1CCC(CCC(=O)N2CCCC(Nc3ccc(F)c(F)c3)C2)=NN1. The van der Waals surface area contributed by atoms with Crippen molar-refractivity contribution in [3.8, 4) is 0 Å². The van der Waals surface area contributed by atoms with Crippen molar-refractivity contribution in [2.75, 3.05) is 18.4 Å². The van der Waals surface area contributed by atoms with Gasteiger partial charge in [0.2, 0.25) is 11.8 Å². The van der Waals surface area contributed by atoms with Crippen LogP contribution >= 0.6 is 0 Å². The summed E-state index contributed by atoms with van der Waals surface area (Å²) in [5, 5.41) is 7.15. The Morgan fingerprint density at radius 1 is 1.31 bits per heavy atom. The summed E-state index contributed by atoms with van der Waals surface area (Å²) >= 11 is 0. The highest BCUT2D eigenvalue weighted by Crippen LogP contribution is 2.19. The van der Waals surface area contributed by atoms with Gasteiger partial charge in [-0.2, -0.15) is 5.10 Å². The van der Waals surface area contributed by atoms with Gasteiger partial charge in [0.15, 0.2) is 11.6 Å². The molecule has 0 aromatic heterocycles. The average molecular weight is 364 g/mol. The number of amides is 2. The van der Waals surface area contributed by atoms with Gasteiger partial charge < -0.3 is 10.2 Å². The lowest BCUT2D eigenvalue weighted by Crippen LogP contribution is -2.45. The maximum absolute atomic E-state index is 13.3. The van der Waals surface area contributed by atoms with E-state index in [1.807, 2.05) is 0 Å². The summed E-state index contributed by atoms with van der Waals surface area (Å²) in [6.45, 7) is 1.22. The lowest BCUT2D eigenvalue weighted by Gasteiger charge is -2.34. The van der Waals surface area contributed by atoms with Crippen LogP contribution < -0.4 is 10.7 Å². The maximum Gasteiger partial charge on any atom is 0.240 e. The van der Waals surface area contributed by atoms with E-state index in [1.165, 1.54) is 6.07 Å². The molecule has 140 valence electrons.